The molecule has 4 nitrogen and oxygen atoms in total. The van der Waals surface area contributed by atoms with Gasteiger partial charge in [0.25, 0.3) is 0 Å². The van der Waals surface area contributed by atoms with E-state index in [2.05, 4.69) is 0 Å². The molecule has 0 spiro atoms. The van der Waals surface area contributed by atoms with Crippen LogP contribution in [0.3, 0.4) is 0 Å². The van der Waals surface area contributed by atoms with Crippen LogP contribution in [0.25, 0.3) is 0 Å². The zero-order valence-electron chi connectivity index (χ0n) is 8.28. The number of carboxylic acid groups (broad SMARTS) is 2. The van der Waals surface area contributed by atoms with Crippen molar-refractivity contribution in [2.24, 2.45) is 0 Å². The minimum atomic E-state index is -1.09. The molecule has 0 heterocycles. The topological polar surface area (TPSA) is 80.3 Å². The van der Waals surface area contributed by atoms with Gasteiger partial charge < -0.3 is 19.8 Å². The van der Waals surface area contributed by atoms with Gasteiger partial charge in [0.05, 0.1) is 11.9 Å². The molecule has 14 heavy (non-hydrogen) atoms. The Morgan fingerprint density at radius 1 is 0.857 bits per heavy atom. The summed E-state index contributed by atoms with van der Waals surface area (Å²) >= 11 is 2.43. The van der Waals surface area contributed by atoms with Gasteiger partial charge in [0.1, 0.15) is 0 Å². The van der Waals surface area contributed by atoms with Crippen LogP contribution in [-0.4, -0.2) is 35.0 Å². The average Bonchev–Trinajstić information content (AvgIpc) is 1.95. The predicted molar refractivity (Wildman–Crippen MR) is 44.7 cm³/mol. The van der Waals surface area contributed by atoms with Gasteiger partial charge in [-0.05, 0) is 0 Å². The van der Waals surface area contributed by atoms with E-state index in [4.69, 9.17) is 0 Å². The molecule has 0 saturated carbocycles. The standard InChI is InChI=1S/C6H10O4S2.2K/c7-5(8)3-11-1-2-12-4-6(9)10;;/h1-4H2,(H,7,8)(H,9,10);;/q;2*+1/p-2. The molecule has 0 aliphatic carbocycles. The summed E-state index contributed by atoms with van der Waals surface area (Å²) in [5.41, 5.74) is 0. The molecule has 0 N–H and O–H groups in total. The zero-order chi connectivity index (χ0) is 9.40. The van der Waals surface area contributed by atoms with Crippen molar-refractivity contribution in [1.82, 2.24) is 0 Å². The summed E-state index contributed by atoms with van der Waals surface area (Å²) in [7, 11) is 0. The molecular weight excluding hydrogens is 278 g/mol. The van der Waals surface area contributed by atoms with Crippen molar-refractivity contribution >= 4 is 35.5 Å². The maximum Gasteiger partial charge on any atom is 1.00 e. The van der Waals surface area contributed by atoms with Crippen molar-refractivity contribution in [1.29, 1.82) is 0 Å². The zero-order valence-corrected chi connectivity index (χ0v) is 16.2. The molecule has 0 aromatic heterocycles. The number of aliphatic carboxylic acids is 2. The van der Waals surface area contributed by atoms with Gasteiger partial charge in [-0.1, -0.05) is 0 Å². The van der Waals surface area contributed by atoms with E-state index in [1.807, 2.05) is 0 Å². The Kier molecular flexibility index (Phi) is 25.1. The maximum absolute atomic E-state index is 9.90. The van der Waals surface area contributed by atoms with Crippen molar-refractivity contribution in [2.45, 2.75) is 0 Å². The Labute approximate surface area is 177 Å². The third-order valence-electron chi connectivity index (χ3n) is 0.812. The van der Waals surface area contributed by atoms with Gasteiger partial charge >= 0.3 is 103 Å². The molecule has 8 heteroatoms. The van der Waals surface area contributed by atoms with Crippen LogP contribution in [0.2, 0.25) is 0 Å². The first kappa shape index (κ1) is 22.1. The Balaban J connectivity index is -0.000000605. The molecular formula is C6H8K2O4S2. The Hall–Kier alpha value is 2.91. The van der Waals surface area contributed by atoms with Gasteiger partial charge in [0.2, 0.25) is 0 Å². The fourth-order valence-electron chi connectivity index (χ4n) is 0.429. The first-order chi connectivity index (χ1) is 5.63. The van der Waals surface area contributed by atoms with E-state index in [-0.39, 0.29) is 114 Å². The van der Waals surface area contributed by atoms with Crippen molar-refractivity contribution in [3.05, 3.63) is 0 Å². The molecule has 70 valence electrons. The van der Waals surface area contributed by atoms with Crippen LogP contribution in [0.15, 0.2) is 0 Å². The number of hydrogen-bond donors (Lipinski definition) is 0. The first-order valence-electron chi connectivity index (χ1n) is 3.18. The molecule has 0 radical (unpaired) electrons. The molecule has 0 fully saturated rings. The van der Waals surface area contributed by atoms with E-state index in [1.165, 1.54) is 23.5 Å². The van der Waals surface area contributed by atoms with Crippen molar-refractivity contribution in [3.63, 3.8) is 0 Å². The summed E-state index contributed by atoms with van der Waals surface area (Å²) in [4.78, 5) is 19.8. The van der Waals surface area contributed by atoms with E-state index >= 15 is 0 Å². The molecule has 0 rings (SSSR count). The normalized spacial score (nSPS) is 8.29. The van der Waals surface area contributed by atoms with Gasteiger partial charge in [0, 0.05) is 23.0 Å². The van der Waals surface area contributed by atoms with Gasteiger partial charge in [-0.15, -0.1) is 0 Å². The Bertz CT molecular complexity index is 150. The van der Waals surface area contributed by atoms with Crippen LogP contribution in [0.4, 0.5) is 0 Å². The number of thioether (sulfide) groups is 2. The molecule has 0 aliphatic heterocycles. The largest absolute Gasteiger partial charge is 1.00 e. The van der Waals surface area contributed by atoms with Crippen LogP contribution in [0, 0.1) is 0 Å². The van der Waals surface area contributed by atoms with Crippen LogP contribution in [0.5, 0.6) is 0 Å². The van der Waals surface area contributed by atoms with Gasteiger partial charge in [0.15, 0.2) is 0 Å². The quantitative estimate of drug-likeness (QED) is 0.342. The molecule has 0 atom stereocenters. The van der Waals surface area contributed by atoms with Crippen LogP contribution in [-0.2, 0) is 9.59 Å². The van der Waals surface area contributed by atoms with E-state index in [0.717, 1.165) is 0 Å². The summed E-state index contributed by atoms with van der Waals surface area (Å²) in [5.74, 6) is -1.02. The minimum Gasteiger partial charge on any atom is -0.549 e. The number of rotatable bonds is 7. The minimum absolute atomic E-state index is 0. The number of hydrogen-bond acceptors (Lipinski definition) is 6. The Morgan fingerprint density at radius 2 is 1.14 bits per heavy atom. The summed E-state index contributed by atoms with van der Waals surface area (Å²) in [6.45, 7) is 0. The van der Waals surface area contributed by atoms with E-state index in [9.17, 15) is 19.8 Å². The smallest absolute Gasteiger partial charge is 0.549 e. The summed E-state index contributed by atoms with van der Waals surface area (Å²) in [6, 6.07) is 0. The fraction of sp³-hybridized carbons (Fsp3) is 0.667. The van der Waals surface area contributed by atoms with E-state index in [0.29, 0.717) is 11.5 Å². The molecule has 0 aromatic rings. The van der Waals surface area contributed by atoms with Crippen LogP contribution >= 0.6 is 23.5 Å². The first-order valence-corrected chi connectivity index (χ1v) is 5.49. The van der Waals surface area contributed by atoms with Crippen LogP contribution < -0.4 is 113 Å². The number of carboxylic acids is 2. The Morgan fingerprint density at radius 3 is 1.36 bits per heavy atom. The number of carbonyl (C=O) groups excluding carboxylic acids is 2. The third kappa shape index (κ3) is 20.3. The van der Waals surface area contributed by atoms with Crippen LogP contribution in [0.1, 0.15) is 0 Å². The molecule has 0 aromatic carbocycles. The second-order valence-electron chi connectivity index (χ2n) is 1.85. The molecule has 0 amide bonds. The monoisotopic (exact) mass is 286 g/mol. The average molecular weight is 286 g/mol. The second-order valence-corrected chi connectivity index (χ2v) is 4.06. The molecule has 0 bridgehead atoms. The van der Waals surface area contributed by atoms with Gasteiger partial charge in [-0.2, -0.15) is 23.5 Å². The molecule has 0 unspecified atom stereocenters. The second kappa shape index (κ2) is 15.9. The summed E-state index contributed by atoms with van der Waals surface area (Å²) < 4.78 is 0. The van der Waals surface area contributed by atoms with E-state index < -0.39 is 11.9 Å². The molecule has 0 aliphatic rings. The van der Waals surface area contributed by atoms with Gasteiger partial charge in [-0.3, -0.25) is 0 Å². The number of carbonyl (C=O) groups is 2. The summed E-state index contributed by atoms with van der Waals surface area (Å²) in [6.07, 6.45) is 0. The fourth-order valence-corrected chi connectivity index (χ4v) is 1.99. The SMILES string of the molecule is O=C([O-])CSCCSCC(=O)[O-].[K+].[K+]. The van der Waals surface area contributed by atoms with Crippen molar-refractivity contribution in [3.8, 4) is 0 Å². The van der Waals surface area contributed by atoms with E-state index in [1.54, 1.807) is 0 Å². The third-order valence-corrected chi connectivity index (χ3v) is 2.94. The summed E-state index contributed by atoms with van der Waals surface area (Å²) in [5, 5.41) is 19.8. The maximum atomic E-state index is 9.90. The van der Waals surface area contributed by atoms with Gasteiger partial charge in [-0.25, -0.2) is 0 Å². The molecule has 0 saturated heterocycles. The van der Waals surface area contributed by atoms with Crippen molar-refractivity contribution in [2.75, 3.05) is 23.0 Å². The predicted octanol–water partition coefficient (Wildman–Crippen LogP) is -8.04. The van der Waals surface area contributed by atoms with Crippen molar-refractivity contribution < 1.29 is 123 Å².